The first-order valence-electron chi connectivity index (χ1n) is 18.2. The second kappa shape index (κ2) is 14.8. The van der Waals surface area contributed by atoms with Crippen molar-refractivity contribution >= 4 is 11.9 Å². The maximum Gasteiger partial charge on any atom is 0.123 e. The van der Waals surface area contributed by atoms with Gasteiger partial charge in [-0.05, 0) is 100 Å². The Morgan fingerprint density at radius 1 is 0.933 bits per heavy atom. The predicted octanol–water partition coefficient (Wildman–Crippen LogP) is 6.36. The lowest BCUT2D eigenvalue weighted by Crippen LogP contribution is -2.61. The Morgan fingerprint density at radius 3 is 2.38 bits per heavy atom. The lowest BCUT2D eigenvalue weighted by atomic mass is 9.77. The van der Waals surface area contributed by atoms with Gasteiger partial charge in [0.25, 0.3) is 0 Å². The fraction of sp³-hybridized carbons (Fsp3) is 0.838. The van der Waals surface area contributed by atoms with Gasteiger partial charge in [-0.1, -0.05) is 57.3 Å². The number of morpholine rings is 1. The molecule has 4 bridgehead atoms. The van der Waals surface area contributed by atoms with Gasteiger partial charge in [-0.15, -0.1) is 0 Å². The third-order valence-electron chi connectivity index (χ3n) is 11.2. The molecule has 6 rings (SSSR count). The molecule has 2 aliphatic carbocycles. The van der Waals surface area contributed by atoms with Crippen molar-refractivity contribution in [2.45, 2.75) is 148 Å². The van der Waals surface area contributed by atoms with E-state index in [0.29, 0.717) is 23.5 Å². The van der Waals surface area contributed by atoms with Gasteiger partial charge in [-0.2, -0.15) is 0 Å². The van der Waals surface area contributed by atoms with Crippen LogP contribution in [-0.2, 0) is 9.47 Å². The van der Waals surface area contributed by atoms with Crippen LogP contribution < -0.4 is 15.4 Å². The highest BCUT2D eigenvalue weighted by molar-refractivity contribution is 7.98. The quantitative estimate of drug-likeness (QED) is 0.322. The normalized spacial score (nSPS) is 39.3. The van der Waals surface area contributed by atoms with Crippen LogP contribution in [0.2, 0.25) is 0 Å². The van der Waals surface area contributed by atoms with E-state index >= 15 is 0 Å². The summed E-state index contributed by atoms with van der Waals surface area (Å²) in [7, 11) is 0. The molecule has 7 nitrogen and oxygen atoms in total. The summed E-state index contributed by atoms with van der Waals surface area (Å²) in [5, 5.41) is 8.39. The largest absolute Gasteiger partial charge is 0.373 e. The molecule has 3 saturated heterocycles. The van der Waals surface area contributed by atoms with E-state index in [-0.39, 0.29) is 24.0 Å². The van der Waals surface area contributed by atoms with Crippen molar-refractivity contribution in [2.75, 3.05) is 32.8 Å². The third kappa shape index (κ3) is 9.05. The standard InChI is InChI=1S/C37H63N5O2S/c1-24-10-8-11-25(2)35(24)33-17-34-39-36(38-33)40-45-32-13-9-12-28(16-32)21-42(31(23-43-34)18-37(5,6)7)22-29-14-30(15-29)41-19-26(3)44-27(4)20-41/h8,10-11,26-34,36,38-40H,9,12-23H2,1-7H3/t26-,27+,28?,29?,30?,31-,32?,33?,34?,36?/m1/s1. The van der Waals surface area contributed by atoms with Crippen molar-refractivity contribution < 1.29 is 9.47 Å². The van der Waals surface area contributed by atoms with E-state index in [1.165, 1.54) is 74.7 Å². The number of nitrogens with one attached hydrogen (secondary N) is 3. The average molecular weight is 642 g/mol. The predicted molar refractivity (Wildman–Crippen MR) is 187 cm³/mol. The Balaban J connectivity index is 1.20. The highest BCUT2D eigenvalue weighted by Gasteiger charge is 2.40. The highest BCUT2D eigenvalue weighted by Crippen LogP contribution is 2.38. The van der Waals surface area contributed by atoms with Crippen LogP contribution in [-0.4, -0.2) is 84.6 Å². The van der Waals surface area contributed by atoms with Crippen molar-refractivity contribution in [3.05, 3.63) is 34.9 Å². The van der Waals surface area contributed by atoms with Gasteiger partial charge in [0.2, 0.25) is 0 Å². The van der Waals surface area contributed by atoms with Crippen LogP contribution in [0.4, 0.5) is 0 Å². The zero-order chi connectivity index (χ0) is 31.7. The van der Waals surface area contributed by atoms with Gasteiger partial charge in [0, 0.05) is 56.0 Å². The molecule has 0 amide bonds. The summed E-state index contributed by atoms with van der Waals surface area (Å²) in [5.74, 6) is 1.55. The summed E-state index contributed by atoms with van der Waals surface area (Å²) in [5.41, 5.74) is 4.41. The van der Waals surface area contributed by atoms with E-state index < -0.39 is 0 Å². The SMILES string of the molecule is Cc1cccc(C)c1C1CC2NC(NSC3CCCC(C3)CN(CC3CC(N4C[C@@H](C)O[C@@H](C)C4)C3)[C@H](CC(C)(C)C)CO2)N1. The molecule has 8 atom stereocenters. The molecular weight excluding hydrogens is 579 g/mol. The molecule has 3 N–H and O–H groups in total. The molecule has 2 saturated carbocycles. The van der Waals surface area contributed by atoms with Gasteiger partial charge in [0.15, 0.2) is 0 Å². The second-order valence-corrected chi connectivity index (χ2v) is 17.8. The fourth-order valence-electron chi connectivity index (χ4n) is 9.15. The molecule has 3 heterocycles. The zero-order valence-electron chi connectivity index (χ0n) is 29.3. The molecular formula is C37H63N5O2S. The molecule has 5 aliphatic rings. The molecule has 0 radical (unpaired) electrons. The molecule has 0 aromatic heterocycles. The summed E-state index contributed by atoms with van der Waals surface area (Å²) in [6, 6.07) is 8.12. The van der Waals surface area contributed by atoms with Crippen LogP contribution >= 0.6 is 11.9 Å². The minimum Gasteiger partial charge on any atom is -0.373 e. The summed E-state index contributed by atoms with van der Waals surface area (Å²) >= 11 is 1.97. The van der Waals surface area contributed by atoms with Crippen LogP contribution in [0, 0.1) is 31.1 Å². The van der Waals surface area contributed by atoms with Crippen molar-refractivity contribution in [3.63, 3.8) is 0 Å². The molecule has 5 unspecified atom stereocenters. The smallest absolute Gasteiger partial charge is 0.123 e. The molecule has 1 aromatic rings. The van der Waals surface area contributed by atoms with E-state index in [1.54, 1.807) is 0 Å². The molecule has 1 aromatic carbocycles. The molecule has 45 heavy (non-hydrogen) atoms. The van der Waals surface area contributed by atoms with Gasteiger partial charge >= 0.3 is 0 Å². The first kappa shape index (κ1) is 34.2. The Morgan fingerprint density at radius 2 is 1.67 bits per heavy atom. The van der Waals surface area contributed by atoms with Crippen molar-refractivity contribution in [1.82, 2.24) is 25.2 Å². The highest BCUT2D eigenvalue weighted by atomic mass is 32.2. The van der Waals surface area contributed by atoms with Crippen LogP contribution in [0.15, 0.2) is 18.2 Å². The average Bonchev–Trinajstić information content (AvgIpc) is 2.94. The number of rotatable bonds is 5. The van der Waals surface area contributed by atoms with Gasteiger partial charge in [0.1, 0.15) is 12.5 Å². The van der Waals surface area contributed by atoms with Crippen molar-refractivity contribution in [3.8, 4) is 0 Å². The Bertz CT molecular complexity index is 1080. The van der Waals surface area contributed by atoms with Crippen LogP contribution in [0.1, 0.15) is 109 Å². The van der Waals surface area contributed by atoms with Crippen molar-refractivity contribution in [2.24, 2.45) is 17.3 Å². The molecule has 8 heteroatoms. The number of ether oxygens (including phenoxy) is 2. The van der Waals surface area contributed by atoms with Gasteiger partial charge in [-0.25, -0.2) is 4.72 Å². The molecule has 0 spiro atoms. The van der Waals surface area contributed by atoms with Crippen LogP contribution in [0.3, 0.4) is 0 Å². The number of fused-ring (bicyclic) bond motifs is 4. The summed E-state index contributed by atoms with van der Waals surface area (Å²) in [4.78, 5) is 5.65. The Labute approximate surface area is 278 Å². The monoisotopic (exact) mass is 641 g/mol. The van der Waals surface area contributed by atoms with Crippen molar-refractivity contribution in [1.29, 1.82) is 0 Å². The molecule has 5 fully saturated rings. The number of benzene rings is 1. The van der Waals surface area contributed by atoms with E-state index in [0.717, 1.165) is 44.0 Å². The maximum absolute atomic E-state index is 6.97. The third-order valence-corrected chi connectivity index (χ3v) is 12.3. The summed E-state index contributed by atoms with van der Waals surface area (Å²) < 4.78 is 16.8. The number of hydrogen-bond donors (Lipinski definition) is 3. The van der Waals surface area contributed by atoms with Gasteiger partial charge in [-0.3, -0.25) is 20.4 Å². The van der Waals surface area contributed by atoms with Gasteiger partial charge in [0.05, 0.1) is 18.8 Å². The maximum atomic E-state index is 6.97. The van der Waals surface area contributed by atoms with E-state index in [4.69, 9.17) is 9.47 Å². The summed E-state index contributed by atoms with van der Waals surface area (Å²) in [6.07, 6.45) is 10.8. The minimum absolute atomic E-state index is 0.0104. The lowest BCUT2D eigenvalue weighted by molar-refractivity contribution is -0.100. The first-order chi connectivity index (χ1) is 21.5. The van der Waals surface area contributed by atoms with E-state index in [9.17, 15) is 0 Å². The van der Waals surface area contributed by atoms with Crippen LogP contribution in [0.25, 0.3) is 0 Å². The number of aryl methyl sites for hydroxylation is 2. The topological polar surface area (TPSA) is 61.0 Å². The Kier molecular flexibility index (Phi) is 11.2. The number of nitrogens with zero attached hydrogens (tertiary/aromatic N) is 2. The minimum atomic E-state index is 0.0104. The molecule has 254 valence electrons. The van der Waals surface area contributed by atoms with Gasteiger partial charge < -0.3 is 9.47 Å². The first-order valence-corrected chi connectivity index (χ1v) is 19.1. The fourth-order valence-corrected chi connectivity index (χ4v) is 10.3. The number of hydrogen-bond acceptors (Lipinski definition) is 8. The van der Waals surface area contributed by atoms with E-state index in [1.807, 2.05) is 11.9 Å². The summed E-state index contributed by atoms with van der Waals surface area (Å²) in [6.45, 7) is 21.7. The zero-order valence-corrected chi connectivity index (χ0v) is 30.1. The van der Waals surface area contributed by atoms with E-state index in [2.05, 4.69) is 91.8 Å². The molecule has 3 aliphatic heterocycles. The Hall–Kier alpha value is -0.710. The lowest BCUT2D eigenvalue weighted by Gasteiger charge is -2.49. The second-order valence-electron chi connectivity index (χ2n) is 16.6. The van der Waals surface area contributed by atoms with Crippen LogP contribution in [0.5, 0.6) is 0 Å².